The lowest BCUT2D eigenvalue weighted by Crippen LogP contribution is -2.49. The van der Waals surface area contributed by atoms with Crippen LogP contribution in [0.25, 0.3) is 0 Å². The number of nitrogens with two attached hydrogens (primary N) is 1. The van der Waals surface area contributed by atoms with Crippen LogP contribution in [-0.2, 0) is 15.0 Å². The van der Waals surface area contributed by atoms with E-state index in [1.807, 2.05) is 20.8 Å². The number of fused-ring (bicyclic) bond motifs is 2. The van der Waals surface area contributed by atoms with Crippen LogP contribution in [0.5, 0.6) is 5.75 Å². The Kier molecular flexibility index (Phi) is 7.72. The number of carbonyl (C=O) groups is 3. The maximum Gasteiger partial charge on any atom is 0.248 e. The van der Waals surface area contributed by atoms with Gasteiger partial charge in [0.05, 0.1) is 23.9 Å². The molecule has 0 aliphatic carbocycles. The van der Waals surface area contributed by atoms with Crippen molar-refractivity contribution in [3.05, 3.63) is 87.2 Å². The fourth-order valence-corrected chi connectivity index (χ4v) is 6.66. The van der Waals surface area contributed by atoms with Gasteiger partial charge in [-0.1, -0.05) is 62.2 Å². The fraction of sp³-hybridized carbons (Fsp3) is 0.323. The lowest BCUT2D eigenvalue weighted by atomic mass is 9.62. The minimum absolute atomic E-state index is 0.125. The van der Waals surface area contributed by atoms with Gasteiger partial charge in [-0.25, -0.2) is 4.39 Å². The van der Waals surface area contributed by atoms with E-state index in [0.717, 1.165) is 0 Å². The van der Waals surface area contributed by atoms with Crippen molar-refractivity contribution in [2.24, 2.45) is 11.1 Å². The van der Waals surface area contributed by atoms with Crippen LogP contribution in [-0.4, -0.2) is 36.9 Å². The van der Waals surface area contributed by atoms with Crippen LogP contribution in [0.3, 0.4) is 0 Å². The first-order valence-electron chi connectivity index (χ1n) is 13.4. The van der Waals surface area contributed by atoms with Crippen molar-refractivity contribution in [2.45, 2.75) is 50.6 Å². The summed E-state index contributed by atoms with van der Waals surface area (Å²) in [6, 6.07) is 12.4. The molecular formula is C31H31Cl2FN4O4. The van der Waals surface area contributed by atoms with Crippen molar-refractivity contribution < 1.29 is 23.5 Å². The topological polar surface area (TPSA) is 123 Å². The van der Waals surface area contributed by atoms with Gasteiger partial charge in [-0.3, -0.25) is 14.4 Å². The zero-order chi connectivity index (χ0) is 30.6. The number of hydrogen-bond donors (Lipinski definition) is 4. The number of benzene rings is 3. The van der Waals surface area contributed by atoms with Crippen LogP contribution in [0.4, 0.5) is 15.8 Å². The Morgan fingerprint density at radius 2 is 1.86 bits per heavy atom. The monoisotopic (exact) mass is 612 g/mol. The quantitative estimate of drug-likeness (QED) is 0.287. The Morgan fingerprint density at radius 3 is 2.52 bits per heavy atom. The molecule has 8 nitrogen and oxygen atoms in total. The van der Waals surface area contributed by atoms with Crippen LogP contribution < -0.4 is 26.4 Å². The van der Waals surface area contributed by atoms with E-state index in [0.29, 0.717) is 22.7 Å². The van der Waals surface area contributed by atoms with Crippen molar-refractivity contribution in [2.75, 3.05) is 17.7 Å². The maximum atomic E-state index is 15.9. The molecule has 11 heteroatoms. The minimum Gasteiger partial charge on any atom is -0.495 e. The molecule has 220 valence electrons. The lowest BCUT2D eigenvalue weighted by molar-refractivity contribution is -0.122. The number of amides is 3. The summed E-state index contributed by atoms with van der Waals surface area (Å²) in [5, 5.41) is 9.52. The van der Waals surface area contributed by atoms with E-state index in [-0.39, 0.29) is 38.9 Å². The van der Waals surface area contributed by atoms with Gasteiger partial charge in [-0.15, -0.1) is 0 Å². The molecule has 0 saturated carbocycles. The van der Waals surface area contributed by atoms with Gasteiger partial charge < -0.3 is 26.4 Å². The second-order valence-corrected chi connectivity index (χ2v) is 12.7. The molecular weight excluding hydrogens is 582 g/mol. The first kappa shape index (κ1) is 29.8. The number of primary amides is 1. The molecule has 0 radical (unpaired) electrons. The number of ether oxygens (including phenoxy) is 1. The highest BCUT2D eigenvalue weighted by molar-refractivity contribution is 6.31. The van der Waals surface area contributed by atoms with E-state index >= 15 is 4.39 Å². The van der Waals surface area contributed by atoms with Crippen molar-refractivity contribution in [1.82, 2.24) is 5.32 Å². The van der Waals surface area contributed by atoms with Gasteiger partial charge in [0.2, 0.25) is 17.7 Å². The smallest absolute Gasteiger partial charge is 0.248 e. The summed E-state index contributed by atoms with van der Waals surface area (Å²) in [7, 11) is 1.40. The number of rotatable bonds is 6. The highest BCUT2D eigenvalue weighted by atomic mass is 35.5. The standard InChI is InChI=1S/C31H31Cl2FN4O4/c1-30(2,3)14-23-31(18-10-9-16(32)13-21(18)37-29(31)41)24(17-6-5-7-19(33)25(17)34)26(38-23)28(40)36-20-11-8-15(27(35)39)12-22(20)42-4/h5-13,23-24,26,38H,14H2,1-4H3,(H2,35,39)(H,36,40)(H,37,41)/t23-,24-,26+,31?/m0/s1. The van der Waals surface area contributed by atoms with Crippen LogP contribution in [0.2, 0.25) is 10.0 Å². The fourth-order valence-electron chi connectivity index (χ4n) is 6.31. The largest absolute Gasteiger partial charge is 0.495 e. The molecule has 1 fully saturated rings. The molecule has 2 aliphatic heterocycles. The van der Waals surface area contributed by atoms with E-state index in [1.165, 1.54) is 31.4 Å². The van der Waals surface area contributed by atoms with E-state index < -0.39 is 41.0 Å². The van der Waals surface area contributed by atoms with E-state index in [2.05, 4.69) is 16.0 Å². The molecule has 2 aliphatic rings. The summed E-state index contributed by atoms with van der Waals surface area (Å²) < 4.78 is 21.3. The summed E-state index contributed by atoms with van der Waals surface area (Å²) >= 11 is 12.5. The molecule has 5 rings (SSSR count). The lowest BCUT2D eigenvalue weighted by Gasteiger charge is -2.37. The summed E-state index contributed by atoms with van der Waals surface area (Å²) in [6.45, 7) is 6.10. The maximum absolute atomic E-state index is 15.9. The number of halogens is 3. The number of hydrogen-bond acceptors (Lipinski definition) is 5. The second-order valence-electron chi connectivity index (χ2n) is 11.9. The Morgan fingerprint density at radius 1 is 1.12 bits per heavy atom. The first-order chi connectivity index (χ1) is 19.8. The normalized spacial score (nSPS) is 23.0. The molecule has 1 unspecified atom stereocenters. The number of nitrogens with one attached hydrogen (secondary N) is 3. The third-order valence-corrected chi connectivity index (χ3v) is 8.49. The molecule has 0 bridgehead atoms. The van der Waals surface area contributed by atoms with Gasteiger partial charge in [0.1, 0.15) is 17.0 Å². The Bertz CT molecular complexity index is 1610. The Labute approximate surface area is 253 Å². The van der Waals surface area contributed by atoms with Gasteiger partial charge >= 0.3 is 0 Å². The third kappa shape index (κ3) is 4.99. The minimum atomic E-state index is -1.39. The SMILES string of the molecule is COc1cc(C(N)=O)ccc1NC(=O)[C@@H]1N[C@@H](CC(C)(C)C)C2(C(=O)Nc3cc(Cl)ccc32)[C@H]1c1cccc(Cl)c1F. The van der Waals surface area contributed by atoms with Crippen LogP contribution in [0.1, 0.15) is 54.6 Å². The molecule has 0 aromatic heterocycles. The third-order valence-electron chi connectivity index (χ3n) is 7.96. The molecule has 1 spiro atoms. The summed E-state index contributed by atoms with van der Waals surface area (Å²) in [5.74, 6) is -3.07. The van der Waals surface area contributed by atoms with Crippen LogP contribution >= 0.6 is 23.2 Å². The van der Waals surface area contributed by atoms with Gasteiger partial charge in [-0.05, 0) is 59.4 Å². The average Bonchev–Trinajstić information content (AvgIpc) is 3.39. The predicted molar refractivity (Wildman–Crippen MR) is 161 cm³/mol. The average molecular weight is 614 g/mol. The zero-order valence-electron chi connectivity index (χ0n) is 23.5. The highest BCUT2D eigenvalue weighted by Gasteiger charge is 2.66. The molecule has 5 N–H and O–H groups in total. The predicted octanol–water partition coefficient (Wildman–Crippen LogP) is 5.63. The van der Waals surface area contributed by atoms with Gasteiger partial charge in [0.25, 0.3) is 0 Å². The molecule has 4 atom stereocenters. The highest BCUT2D eigenvalue weighted by Crippen LogP contribution is 2.57. The van der Waals surface area contributed by atoms with Gasteiger partial charge in [0, 0.05) is 28.2 Å². The first-order valence-corrected chi connectivity index (χ1v) is 14.1. The molecule has 3 aromatic carbocycles. The Balaban J connectivity index is 1.70. The summed E-state index contributed by atoms with van der Waals surface area (Å²) in [4.78, 5) is 40.1. The molecule has 3 aromatic rings. The summed E-state index contributed by atoms with van der Waals surface area (Å²) in [5.41, 5.74) is 5.45. The van der Waals surface area contributed by atoms with E-state index in [1.54, 1.807) is 30.3 Å². The van der Waals surface area contributed by atoms with Crippen LogP contribution in [0, 0.1) is 11.2 Å². The number of methoxy groups -OCH3 is 1. The summed E-state index contributed by atoms with van der Waals surface area (Å²) in [6.07, 6.45) is 0.474. The molecule has 1 saturated heterocycles. The van der Waals surface area contributed by atoms with E-state index in [4.69, 9.17) is 33.7 Å². The molecule has 42 heavy (non-hydrogen) atoms. The molecule has 2 heterocycles. The van der Waals surface area contributed by atoms with Crippen molar-refractivity contribution in [1.29, 1.82) is 0 Å². The van der Waals surface area contributed by atoms with Crippen LogP contribution in [0.15, 0.2) is 54.6 Å². The van der Waals surface area contributed by atoms with Gasteiger partial charge in [-0.2, -0.15) is 0 Å². The number of anilines is 2. The second kappa shape index (κ2) is 10.9. The van der Waals surface area contributed by atoms with Crippen molar-refractivity contribution in [3.8, 4) is 5.75 Å². The zero-order valence-corrected chi connectivity index (χ0v) is 25.0. The van der Waals surface area contributed by atoms with Gasteiger partial charge in [0.15, 0.2) is 0 Å². The van der Waals surface area contributed by atoms with E-state index in [9.17, 15) is 14.4 Å². The molecule has 3 amide bonds. The van der Waals surface area contributed by atoms with Crippen molar-refractivity contribution >= 4 is 52.3 Å². The Hall–Kier alpha value is -3.66. The van der Waals surface area contributed by atoms with Crippen molar-refractivity contribution in [3.63, 3.8) is 0 Å². The number of carbonyl (C=O) groups excluding carboxylic acids is 3.